The molecule has 132 valence electrons. The van der Waals surface area contributed by atoms with Gasteiger partial charge in [-0.3, -0.25) is 19.1 Å². The number of aromatic nitrogens is 5. The highest BCUT2D eigenvalue weighted by Gasteiger charge is 2.15. The zero-order chi connectivity index (χ0) is 18.6. The van der Waals surface area contributed by atoms with Crippen LogP contribution in [0.5, 0.6) is 0 Å². The molecule has 0 atom stereocenters. The predicted octanol–water partition coefficient (Wildman–Crippen LogP) is 2.27. The minimum atomic E-state index is -0.441. The molecular formula is C19H14N6O2. The van der Waals surface area contributed by atoms with Crippen molar-refractivity contribution in [1.29, 1.82) is 0 Å². The number of nitrogens with one attached hydrogen (secondary N) is 2. The molecule has 4 aromatic heterocycles. The van der Waals surface area contributed by atoms with Gasteiger partial charge in [0.25, 0.3) is 11.5 Å². The van der Waals surface area contributed by atoms with Crippen molar-refractivity contribution >= 4 is 11.6 Å². The number of carbonyl (C=O) groups is 1. The van der Waals surface area contributed by atoms with Gasteiger partial charge in [0.05, 0.1) is 5.56 Å². The molecule has 0 saturated carbocycles. The van der Waals surface area contributed by atoms with Crippen LogP contribution in [0.25, 0.3) is 16.9 Å². The van der Waals surface area contributed by atoms with Crippen LogP contribution in [0.4, 0.5) is 5.69 Å². The monoisotopic (exact) mass is 358 g/mol. The van der Waals surface area contributed by atoms with E-state index in [4.69, 9.17) is 0 Å². The lowest BCUT2D eigenvalue weighted by molar-refractivity contribution is 0.102. The summed E-state index contributed by atoms with van der Waals surface area (Å²) in [5, 5.41) is 2.67. The first-order valence-electron chi connectivity index (χ1n) is 8.10. The van der Waals surface area contributed by atoms with Crippen molar-refractivity contribution < 1.29 is 4.79 Å². The Kier molecular flexibility index (Phi) is 4.28. The summed E-state index contributed by atoms with van der Waals surface area (Å²) in [6, 6.07) is 8.56. The second-order valence-electron chi connectivity index (χ2n) is 5.67. The summed E-state index contributed by atoms with van der Waals surface area (Å²) in [6.07, 6.45) is 11.3. The average Bonchev–Trinajstić information content (AvgIpc) is 3.25. The highest BCUT2D eigenvalue weighted by molar-refractivity contribution is 6.06. The van der Waals surface area contributed by atoms with Crippen molar-refractivity contribution in [3.05, 3.63) is 89.8 Å². The minimum absolute atomic E-state index is 0.148. The number of hydrogen-bond acceptors (Lipinski definition) is 5. The molecule has 4 rings (SSSR count). The van der Waals surface area contributed by atoms with Gasteiger partial charge in [-0.15, -0.1) is 0 Å². The maximum atomic E-state index is 12.8. The van der Waals surface area contributed by atoms with Gasteiger partial charge in [0.2, 0.25) is 0 Å². The molecule has 0 aliphatic rings. The number of amides is 1. The van der Waals surface area contributed by atoms with E-state index >= 15 is 0 Å². The van der Waals surface area contributed by atoms with Gasteiger partial charge in [-0.25, -0.2) is 9.97 Å². The fourth-order valence-electron chi connectivity index (χ4n) is 2.64. The fraction of sp³-hybridized carbons (Fsp3) is 0. The van der Waals surface area contributed by atoms with E-state index in [1.807, 2.05) is 12.1 Å². The van der Waals surface area contributed by atoms with Gasteiger partial charge < -0.3 is 10.3 Å². The van der Waals surface area contributed by atoms with Crippen molar-refractivity contribution in [3.8, 4) is 16.9 Å². The first-order valence-corrected chi connectivity index (χ1v) is 8.10. The lowest BCUT2D eigenvalue weighted by Gasteiger charge is -2.10. The molecule has 27 heavy (non-hydrogen) atoms. The standard InChI is InChI=1S/C19H14N6O2/c26-18(15-2-1-5-22-17(15)25-9-8-21-12-25)24-16-10-14(11-23-19(16)27)13-3-6-20-7-4-13/h1-12H,(H,23,27)(H,24,26). The number of anilines is 1. The van der Waals surface area contributed by atoms with Crippen LogP contribution in [-0.2, 0) is 0 Å². The normalized spacial score (nSPS) is 10.5. The Balaban J connectivity index is 1.68. The van der Waals surface area contributed by atoms with E-state index in [2.05, 4.69) is 25.3 Å². The molecule has 0 spiro atoms. The van der Waals surface area contributed by atoms with Gasteiger partial charge in [-0.05, 0) is 35.9 Å². The van der Waals surface area contributed by atoms with E-state index in [1.165, 1.54) is 0 Å². The number of H-pyrrole nitrogens is 1. The Morgan fingerprint density at radius 1 is 1.04 bits per heavy atom. The van der Waals surface area contributed by atoms with Crippen molar-refractivity contribution in [2.45, 2.75) is 0 Å². The first kappa shape index (κ1) is 16.4. The van der Waals surface area contributed by atoms with Crippen LogP contribution in [0.1, 0.15) is 10.4 Å². The summed E-state index contributed by atoms with van der Waals surface area (Å²) in [7, 11) is 0. The molecule has 8 heteroatoms. The van der Waals surface area contributed by atoms with E-state index in [9.17, 15) is 9.59 Å². The lowest BCUT2D eigenvalue weighted by atomic mass is 10.1. The predicted molar refractivity (Wildman–Crippen MR) is 99.6 cm³/mol. The third-order valence-electron chi connectivity index (χ3n) is 3.95. The average molecular weight is 358 g/mol. The molecule has 8 nitrogen and oxygen atoms in total. The van der Waals surface area contributed by atoms with Gasteiger partial charge >= 0.3 is 0 Å². The van der Waals surface area contributed by atoms with Crippen LogP contribution in [0.15, 0.2) is 78.6 Å². The van der Waals surface area contributed by atoms with E-state index in [1.54, 1.807) is 66.3 Å². The third-order valence-corrected chi connectivity index (χ3v) is 3.95. The maximum Gasteiger partial charge on any atom is 0.271 e. The molecule has 0 unspecified atom stereocenters. The maximum absolute atomic E-state index is 12.8. The first-order chi connectivity index (χ1) is 13.2. The molecule has 0 radical (unpaired) electrons. The molecular weight excluding hydrogens is 344 g/mol. The molecule has 4 heterocycles. The molecule has 0 aromatic carbocycles. The zero-order valence-electron chi connectivity index (χ0n) is 14.0. The van der Waals surface area contributed by atoms with Crippen LogP contribution >= 0.6 is 0 Å². The van der Waals surface area contributed by atoms with Gasteiger partial charge in [0.1, 0.15) is 12.0 Å². The zero-order valence-corrected chi connectivity index (χ0v) is 14.0. The second kappa shape index (κ2) is 7.04. The Morgan fingerprint density at radius 2 is 1.89 bits per heavy atom. The molecule has 0 aliphatic carbocycles. The Hall–Kier alpha value is -4.07. The summed E-state index contributed by atoms with van der Waals surface area (Å²) in [4.78, 5) is 39.8. The van der Waals surface area contributed by atoms with Crippen LogP contribution in [0.2, 0.25) is 0 Å². The molecule has 0 fully saturated rings. The van der Waals surface area contributed by atoms with E-state index in [0.29, 0.717) is 11.4 Å². The molecule has 4 aromatic rings. The summed E-state index contributed by atoms with van der Waals surface area (Å²) in [5.74, 6) is -0.0154. The Labute approximate surface area is 153 Å². The fourth-order valence-corrected chi connectivity index (χ4v) is 2.64. The van der Waals surface area contributed by atoms with Crippen LogP contribution in [0.3, 0.4) is 0 Å². The third kappa shape index (κ3) is 3.36. The number of aromatic amines is 1. The SMILES string of the molecule is O=C(Nc1cc(-c2ccncc2)c[nH]c1=O)c1cccnc1-n1ccnc1. The second-order valence-corrected chi connectivity index (χ2v) is 5.67. The molecule has 1 amide bonds. The minimum Gasteiger partial charge on any atom is -0.327 e. The molecule has 2 N–H and O–H groups in total. The molecule has 0 saturated heterocycles. The Morgan fingerprint density at radius 3 is 2.67 bits per heavy atom. The number of carbonyl (C=O) groups excluding carboxylic acids is 1. The Bertz CT molecular complexity index is 1140. The number of hydrogen-bond donors (Lipinski definition) is 2. The van der Waals surface area contributed by atoms with Crippen molar-refractivity contribution in [2.24, 2.45) is 0 Å². The van der Waals surface area contributed by atoms with E-state index in [0.717, 1.165) is 11.1 Å². The van der Waals surface area contributed by atoms with Gasteiger partial charge in [-0.2, -0.15) is 0 Å². The largest absolute Gasteiger partial charge is 0.327 e. The number of pyridine rings is 3. The topological polar surface area (TPSA) is 106 Å². The number of imidazole rings is 1. The van der Waals surface area contributed by atoms with Crippen molar-refractivity contribution in [3.63, 3.8) is 0 Å². The highest BCUT2D eigenvalue weighted by atomic mass is 16.2. The summed E-state index contributed by atoms with van der Waals surface area (Å²) < 4.78 is 1.63. The van der Waals surface area contributed by atoms with Gasteiger partial charge in [0.15, 0.2) is 5.82 Å². The smallest absolute Gasteiger partial charge is 0.271 e. The van der Waals surface area contributed by atoms with Crippen molar-refractivity contribution in [1.82, 2.24) is 24.5 Å². The van der Waals surface area contributed by atoms with Gasteiger partial charge in [0, 0.05) is 42.7 Å². The molecule has 0 bridgehead atoms. The quantitative estimate of drug-likeness (QED) is 0.582. The van der Waals surface area contributed by atoms with Crippen LogP contribution in [-0.4, -0.2) is 30.4 Å². The summed E-state index contributed by atoms with van der Waals surface area (Å²) in [6.45, 7) is 0. The van der Waals surface area contributed by atoms with Crippen LogP contribution in [0, 0.1) is 0 Å². The summed E-state index contributed by atoms with van der Waals surface area (Å²) >= 11 is 0. The molecule has 0 aliphatic heterocycles. The highest BCUT2D eigenvalue weighted by Crippen LogP contribution is 2.19. The van der Waals surface area contributed by atoms with Gasteiger partial charge in [-0.1, -0.05) is 0 Å². The van der Waals surface area contributed by atoms with E-state index < -0.39 is 11.5 Å². The van der Waals surface area contributed by atoms with Crippen LogP contribution < -0.4 is 10.9 Å². The lowest BCUT2D eigenvalue weighted by Crippen LogP contribution is -2.21. The number of rotatable bonds is 4. The number of nitrogens with zero attached hydrogens (tertiary/aromatic N) is 4. The van der Waals surface area contributed by atoms with E-state index in [-0.39, 0.29) is 5.69 Å². The summed E-state index contributed by atoms with van der Waals surface area (Å²) in [5.41, 5.74) is 1.71. The van der Waals surface area contributed by atoms with Crippen molar-refractivity contribution in [2.75, 3.05) is 5.32 Å².